The fraction of sp³-hybridized carbons (Fsp3) is 0.579. The van der Waals surface area contributed by atoms with E-state index in [0.29, 0.717) is 37.1 Å². The maximum atomic E-state index is 12.8. The monoisotopic (exact) mass is 375 g/mol. The second-order valence-corrected chi connectivity index (χ2v) is 7.47. The van der Waals surface area contributed by atoms with Crippen LogP contribution in [-0.4, -0.2) is 69.1 Å². The van der Waals surface area contributed by atoms with Gasteiger partial charge in [-0.1, -0.05) is 0 Å². The van der Waals surface area contributed by atoms with Crippen molar-refractivity contribution in [3.05, 3.63) is 34.2 Å². The molecule has 1 saturated carbocycles. The van der Waals surface area contributed by atoms with Gasteiger partial charge in [-0.25, -0.2) is 4.79 Å². The number of fused-ring (bicyclic) bond motifs is 1. The van der Waals surface area contributed by atoms with E-state index >= 15 is 0 Å². The first-order valence-electron chi connectivity index (χ1n) is 9.50. The maximum absolute atomic E-state index is 12.8. The molecule has 1 amide bonds. The Morgan fingerprint density at radius 3 is 2.70 bits per heavy atom. The molecule has 2 fully saturated rings. The number of aromatic amines is 1. The summed E-state index contributed by atoms with van der Waals surface area (Å²) in [5, 5.41) is 19.5. The highest BCUT2D eigenvalue weighted by atomic mass is 16.5. The van der Waals surface area contributed by atoms with Gasteiger partial charge < -0.3 is 24.8 Å². The lowest BCUT2D eigenvalue weighted by atomic mass is 9.93. The van der Waals surface area contributed by atoms with Crippen molar-refractivity contribution in [1.82, 2.24) is 14.5 Å². The average Bonchev–Trinajstić information content (AvgIpc) is 2.82. The fourth-order valence-electron chi connectivity index (χ4n) is 4.10. The van der Waals surface area contributed by atoms with E-state index in [1.807, 2.05) is 0 Å². The summed E-state index contributed by atoms with van der Waals surface area (Å²) in [7, 11) is 0. The Hall–Kier alpha value is -2.16. The Balaban J connectivity index is 1.61. The second kappa shape index (κ2) is 7.46. The standard InChI is InChI=1S/C19H25N3O5/c23-14-4-2-13(3-5-14)22-17-6-1-12(9-16(17)20-19(22)26)18(25)21-7-8-27-11-15(24)10-21/h1,6,9,13-15,23-24H,2-5,7-8,10-11H2,(H,20,26)/t13?,14?,15-/m0/s1. The summed E-state index contributed by atoms with van der Waals surface area (Å²) in [6.45, 7) is 1.29. The molecule has 8 nitrogen and oxygen atoms in total. The van der Waals surface area contributed by atoms with Gasteiger partial charge in [0.05, 0.1) is 36.5 Å². The number of imidazole rings is 1. The summed E-state index contributed by atoms with van der Waals surface area (Å²) in [5.74, 6) is -0.184. The number of carbonyl (C=O) groups excluding carboxylic acids is 1. The number of aliphatic hydroxyl groups is 2. The normalized spacial score (nSPS) is 26.9. The van der Waals surface area contributed by atoms with E-state index in [2.05, 4.69) is 4.98 Å². The number of aliphatic hydroxyl groups excluding tert-OH is 2. The fourth-order valence-corrected chi connectivity index (χ4v) is 4.10. The van der Waals surface area contributed by atoms with Crippen molar-refractivity contribution in [2.75, 3.05) is 26.3 Å². The van der Waals surface area contributed by atoms with Crippen LogP contribution in [0.15, 0.2) is 23.0 Å². The van der Waals surface area contributed by atoms with Crippen LogP contribution in [0.1, 0.15) is 42.1 Å². The van der Waals surface area contributed by atoms with Crippen molar-refractivity contribution in [1.29, 1.82) is 0 Å². The third kappa shape index (κ3) is 3.65. The minimum atomic E-state index is -0.692. The number of ether oxygens (including phenoxy) is 1. The Labute approximate surface area is 156 Å². The summed E-state index contributed by atoms with van der Waals surface area (Å²) < 4.78 is 7.02. The summed E-state index contributed by atoms with van der Waals surface area (Å²) in [6.07, 6.45) is 1.95. The smallest absolute Gasteiger partial charge is 0.326 e. The first kappa shape index (κ1) is 18.2. The molecule has 0 radical (unpaired) electrons. The molecule has 1 aromatic heterocycles. The SMILES string of the molecule is O=C(c1ccc2c(c1)[nH]c(=O)n2C1CCC(O)CC1)N1CCOC[C@@H](O)C1. The van der Waals surface area contributed by atoms with Crippen molar-refractivity contribution in [2.24, 2.45) is 0 Å². The largest absolute Gasteiger partial charge is 0.393 e. The number of nitrogens with zero attached hydrogens (tertiary/aromatic N) is 2. The molecule has 3 N–H and O–H groups in total. The number of hydrogen-bond donors (Lipinski definition) is 3. The van der Waals surface area contributed by atoms with Crippen LogP contribution < -0.4 is 5.69 Å². The Morgan fingerprint density at radius 1 is 1.15 bits per heavy atom. The number of H-pyrrole nitrogens is 1. The van der Waals surface area contributed by atoms with E-state index in [-0.39, 0.29) is 36.9 Å². The molecule has 1 aliphatic heterocycles. The molecule has 0 unspecified atom stereocenters. The zero-order valence-electron chi connectivity index (χ0n) is 15.1. The highest BCUT2D eigenvalue weighted by Crippen LogP contribution is 2.30. The van der Waals surface area contributed by atoms with Gasteiger partial charge in [0.2, 0.25) is 0 Å². The van der Waals surface area contributed by atoms with Gasteiger partial charge in [0.1, 0.15) is 0 Å². The van der Waals surface area contributed by atoms with Crippen molar-refractivity contribution in [3.63, 3.8) is 0 Å². The molecule has 0 bridgehead atoms. The van der Waals surface area contributed by atoms with Crippen LogP contribution in [0.2, 0.25) is 0 Å². The molecule has 2 heterocycles. The van der Waals surface area contributed by atoms with E-state index < -0.39 is 6.10 Å². The number of nitrogens with one attached hydrogen (secondary N) is 1. The molecule has 0 spiro atoms. The quantitative estimate of drug-likeness (QED) is 0.714. The number of rotatable bonds is 2. The van der Waals surface area contributed by atoms with E-state index in [9.17, 15) is 19.8 Å². The highest BCUT2D eigenvalue weighted by molar-refractivity contribution is 5.97. The van der Waals surface area contributed by atoms with Gasteiger partial charge >= 0.3 is 5.69 Å². The lowest BCUT2D eigenvalue weighted by molar-refractivity contribution is 0.0534. The number of β-amino-alcohol motifs (C(OH)–C–C–N with tert-alkyl or cyclic N) is 1. The molecular weight excluding hydrogens is 350 g/mol. The minimum Gasteiger partial charge on any atom is -0.393 e. The van der Waals surface area contributed by atoms with E-state index in [1.54, 1.807) is 27.7 Å². The number of amides is 1. The highest BCUT2D eigenvalue weighted by Gasteiger charge is 2.25. The third-order valence-electron chi connectivity index (χ3n) is 5.53. The average molecular weight is 375 g/mol. The van der Waals surface area contributed by atoms with Gasteiger partial charge in [0.15, 0.2) is 0 Å². The molecular formula is C19H25N3O5. The predicted molar refractivity (Wildman–Crippen MR) is 98.8 cm³/mol. The van der Waals surface area contributed by atoms with Crippen molar-refractivity contribution in [3.8, 4) is 0 Å². The number of carbonyl (C=O) groups is 1. The first-order valence-corrected chi connectivity index (χ1v) is 9.50. The van der Waals surface area contributed by atoms with E-state index in [4.69, 9.17) is 4.74 Å². The zero-order chi connectivity index (χ0) is 19.0. The van der Waals surface area contributed by atoms with Gasteiger partial charge in [0.25, 0.3) is 5.91 Å². The zero-order valence-corrected chi connectivity index (χ0v) is 15.1. The number of benzene rings is 1. The summed E-state index contributed by atoms with van der Waals surface area (Å²) in [6, 6.07) is 5.29. The van der Waals surface area contributed by atoms with Crippen LogP contribution in [0.5, 0.6) is 0 Å². The Morgan fingerprint density at radius 2 is 1.93 bits per heavy atom. The number of hydrogen-bond acceptors (Lipinski definition) is 5. The van der Waals surface area contributed by atoms with Crippen LogP contribution in [-0.2, 0) is 4.74 Å². The van der Waals surface area contributed by atoms with Crippen molar-refractivity contribution >= 4 is 16.9 Å². The van der Waals surface area contributed by atoms with Crippen LogP contribution >= 0.6 is 0 Å². The first-order chi connectivity index (χ1) is 13.0. The molecule has 2 aromatic rings. The lowest BCUT2D eigenvalue weighted by Gasteiger charge is -2.26. The molecule has 8 heteroatoms. The third-order valence-corrected chi connectivity index (χ3v) is 5.53. The lowest BCUT2D eigenvalue weighted by Crippen LogP contribution is -2.37. The van der Waals surface area contributed by atoms with Crippen molar-refractivity contribution in [2.45, 2.75) is 43.9 Å². The predicted octanol–water partition coefficient (Wildman–Crippen LogP) is 0.639. The van der Waals surface area contributed by atoms with Gasteiger partial charge in [-0.3, -0.25) is 9.36 Å². The van der Waals surface area contributed by atoms with Gasteiger partial charge in [-0.2, -0.15) is 0 Å². The molecule has 146 valence electrons. The summed E-state index contributed by atoms with van der Waals surface area (Å²) in [4.78, 5) is 29.7. The van der Waals surface area contributed by atoms with Crippen molar-refractivity contribution < 1.29 is 19.7 Å². The van der Waals surface area contributed by atoms with Crippen LogP contribution in [0.25, 0.3) is 11.0 Å². The number of aromatic nitrogens is 2. The minimum absolute atomic E-state index is 0.0640. The summed E-state index contributed by atoms with van der Waals surface area (Å²) in [5.41, 5.74) is 1.69. The molecule has 27 heavy (non-hydrogen) atoms. The topological polar surface area (TPSA) is 108 Å². The summed E-state index contributed by atoms with van der Waals surface area (Å²) >= 11 is 0. The Kier molecular flexibility index (Phi) is 5.03. The molecule has 1 atom stereocenters. The second-order valence-electron chi connectivity index (χ2n) is 7.47. The van der Waals surface area contributed by atoms with Gasteiger partial charge in [-0.05, 0) is 43.9 Å². The van der Waals surface area contributed by atoms with E-state index in [1.165, 1.54) is 0 Å². The molecule has 4 rings (SSSR count). The molecule has 1 aliphatic carbocycles. The van der Waals surface area contributed by atoms with Crippen LogP contribution in [0.3, 0.4) is 0 Å². The molecule has 1 aromatic carbocycles. The van der Waals surface area contributed by atoms with Crippen LogP contribution in [0, 0.1) is 0 Å². The Bertz CT molecular complexity index is 881. The van der Waals surface area contributed by atoms with Gasteiger partial charge in [-0.15, -0.1) is 0 Å². The molecule has 1 saturated heterocycles. The van der Waals surface area contributed by atoms with Gasteiger partial charge in [0, 0.05) is 24.7 Å². The maximum Gasteiger partial charge on any atom is 0.326 e. The molecule has 2 aliphatic rings. The van der Waals surface area contributed by atoms with E-state index in [0.717, 1.165) is 18.4 Å². The van der Waals surface area contributed by atoms with Crippen LogP contribution in [0.4, 0.5) is 0 Å².